The predicted molar refractivity (Wildman–Crippen MR) is 85.1 cm³/mol. The maximum absolute atomic E-state index is 12.5. The van der Waals surface area contributed by atoms with Gasteiger partial charge in [0.1, 0.15) is 6.04 Å². The van der Waals surface area contributed by atoms with Crippen molar-refractivity contribution in [1.82, 2.24) is 4.90 Å². The number of amides is 2. The molecule has 1 saturated heterocycles. The van der Waals surface area contributed by atoms with E-state index in [1.165, 1.54) is 0 Å². The zero-order valence-electron chi connectivity index (χ0n) is 12.4. The van der Waals surface area contributed by atoms with E-state index in [2.05, 4.69) is 11.1 Å². The van der Waals surface area contributed by atoms with Gasteiger partial charge in [-0.1, -0.05) is 30.3 Å². The van der Waals surface area contributed by atoms with Gasteiger partial charge < -0.3 is 16.0 Å². The van der Waals surface area contributed by atoms with Crippen molar-refractivity contribution in [3.8, 4) is 0 Å². The topological polar surface area (TPSA) is 77.1 Å². The highest BCUT2D eigenvalue weighted by Gasteiger charge is 2.34. The Bertz CT molecular complexity index is 714. The first kappa shape index (κ1) is 14.5. The number of fused-ring (bicyclic) bond motifs is 1. The second-order valence-corrected chi connectivity index (χ2v) is 5.55. The Balaban J connectivity index is 1.76. The Labute approximate surface area is 129 Å². The Morgan fingerprint density at radius 3 is 2.73 bits per heavy atom. The molecule has 22 heavy (non-hydrogen) atoms. The third-order valence-electron chi connectivity index (χ3n) is 4.11. The highest BCUT2D eigenvalue weighted by Crippen LogP contribution is 2.22. The number of quaternary nitrogens is 1. The molecular formula is C17H20N3O2+. The number of hydrogen-bond acceptors (Lipinski definition) is 2. The average molecular weight is 298 g/mol. The van der Waals surface area contributed by atoms with E-state index in [0.717, 1.165) is 22.9 Å². The molecule has 3 rings (SSSR count). The first-order chi connectivity index (χ1) is 10.7. The molecule has 1 fully saturated rings. The number of likely N-dealkylation sites (tertiary alicyclic amines) is 1. The van der Waals surface area contributed by atoms with Crippen LogP contribution >= 0.6 is 0 Å². The molecule has 1 atom stereocenters. The number of hydrogen-bond donors (Lipinski definition) is 2. The Morgan fingerprint density at radius 1 is 1.18 bits per heavy atom. The summed E-state index contributed by atoms with van der Waals surface area (Å²) in [5.74, 6) is -0.175. The molecule has 0 unspecified atom stereocenters. The van der Waals surface area contributed by atoms with Gasteiger partial charge in [0.2, 0.25) is 5.91 Å². The third kappa shape index (κ3) is 2.80. The van der Waals surface area contributed by atoms with Crippen molar-refractivity contribution >= 4 is 28.3 Å². The number of nitrogens with one attached hydrogen (secondary N) is 1. The van der Waals surface area contributed by atoms with E-state index in [0.29, 0.717) is 13.0 Å². The first-order valence-corrected chi connectivity index (χ1v) is 7.57. The average Bonchev–Trinajstić information content (AvgIpc) is 3.03. The zero-order valence-corrected chi connectivity index (χ0v) is 12.4. The Kier molecular flexibility index (Phi) is 4.06. The van der Waals surface area contributed by atoms with Crippen LogP contribution in [-0.2, 0) is 9.59 Å². The van der Waals surface area contributed by atoms with Gasteiger partial charge in [0, 0.05) is 12.2 Å². The fraction of sp³-hybridized carbons (Fsp3) is 0.294. The molecule has 2 aromatic rings. The highest BCUT2D eigenvalue weighted by atomic mass is 16.2. The molecule has 2 amide bonds. The van der Waals surface area contributed by atoms with E-state index in [4.69, 9.17) is 0 Å². The minimum absolute atomic E-state index is 0.0591. The zero-order chi connectivity index (χ0) is 15.5. The van der Waals surface area contributed by atoms with E-state index in [9.17, 15) is 9.59 Å². The largest absolute Gasteiger partial charge is 0.350 e. The monoisotopic (exact) mass is 298 g/mol. The second kappa shape index (κ2) is 6.15. The number of rotatable bonds is 3. The van der Waals surface area contributed by atoms with Crippen LogP contribution in [-0.4, -0.2) is 35.8 Å². The molecule has 1 aliphatic heterocycles. The van der Waals surface area contributed by atoms with Gasteiger partial charge in [-0.15, -0.1) is 0 Å². The lowest BCUT2D eigenvalue weighted by Gasteiger charge is -2.22. The highest BCUT2D eigenvalue weighted by molar-refractivity contribution is 5.99. The van der Waals surface area contributed by atoms with Crippen LogP contribution in [0.4, 0.5) is 5.69 Å². The molecule has 0 saturated carbocycles. The summed E-state index contributed by atoms with van der Waals surface area (Å²) in [7, 11) is 0. The van der Waals surface area contributed by atoms with Gasteiger partial charge in [-0.2, -0.15) is 0 Å². The van der Waals surface area contributed by atoms with Crippen molar-refractivity contribution in [2.45, 2.75) is 18.9 Å². The predicted octanol–water partition coefficient (Wildman–Crippen LogP) is 1.01. The van der Waals surface area contributed by atoms with Crippen molar-refractivity contribution < 1.29 is 15.3 Å². The lowest BCUT2D eigenvalue weighted by Crippen LogP contribution is -2.59. The molecule has 5 heteroatoms. The normalized spacial score (nSPS) is 17.7. The maximum atomic E-state index is 12.5. The number of benzene rings is 2. The molecule has 0 aliphatic carbocycles. The maximum Gasteiger partial charge on any atom is 0.278 e. The molecule has 1 aliphatic rings. The minimum atomic E-state index is -0.374. The molecule has 1 heterocycles. The fourth-order valence-electron chi connectivity index (χ4n) is 2.97. The van der Waals surface area contributed by atoms with E-state index >= 15 is 0 Å². The van der Waals surface area contributed by atoms with Gasteiger partial charge in [-0.3, -0.25) is 9.59 Å². The summed E-state index contributed by atoms with van der Waals surface area (Å²) in [4.78, 5) is 25.9. The number of carbonyl (C=O) groups excluding carboxylic acids is 2. The van der Waals surface area contributed by atoms with Gasteiger partial charge in [-0.25, -0.2) is 0 Å². The number of nitrogens with zero attached hydrogens (tertiary/aromatic N) is 1. The minimum Gasteiger partial charge on any atom is -0.350 e. The van der Waals surface area contributed by atoms with Gasteiger partial charge in [0.25, 0.3) is 5.91 Å². The van der Waals surface area contributed by atoms with Crippen LogP contribution in [0.1, 0.15) is 12.8 Å². The van der Waals surface area contributed by atoms with E-state index in [-0.39, 0.29) is 24.4 Å². The molecular weight excluding hydrogens is 278 g/mol. The summed E-state index contributed by atoms with van der Waals surface area (Å²) in [5, 5.41) is 5.15. The standard InChI is InChI=1S/C17H19N3O2/c18-11-16(21)20-9-3-6-15(20)17(22)19-14-8-7-12-4-1-2-5-13(12)10-14/h1-2,4-5,7-8,10,15H,3,6,9,11,18H2,(H,19,22)/p+1/t15-/m0/s1. The van der Waals surface area contributed by atoms with E-state index < -0.39 is 0 Å². The van der Waals surface area contributed by atoms with E-state index in [1.54, 1.807) is 4.90 Å². The van der Waals surface area contributed by atoms with Gasteiger partial charge in [0.15, 0.2) is 6.54 Å². The molecule has 5 nitrogen and oxygen atoms in total. The van der Waals surface area contributed by atoms with Crippen LogP contribution in [0.2, 0.25) is 0 Å². The van der Waals surface area contributed by atoms with Crippen molar-refractivity contribution in [3.05, 3.63) is 42.5 Å². The molecule has 0 radical (unpaired) electrons. The van der Waals surface area contributed by atoms with Crippen molar-refractivity contribution in [3.63, 3.8) is 0 Å². The Hall–Kier alpha value is -2.40. The first-order valence-electron chi connectivity index (χ1n) is 7.57. The second-order valence-electron chi connectivity index (χ2n) is 5.55. The van der Waals surface area contributed by atoms with Gasteiger partial charge in [0.05, 0.1) is 0 Å². The molecule has 114 valence electrons. The molecule has 2 aromatic carbocycles. The number of carbonyl (C=O) groups is 2. The van der Waals surface area contributed by atoms with Crippen LogP contribution < -0.4 is 11.1 Å². The third-order valence-corrected chi connectivity index (χ3v) is 4.11. The lowest BCUT2D eigenvalue weighted by molar-refractivity contribution is -0.357. The summed E-state index contributed by atoms with van der Waals surface area (Å²) >= 11 is 0. The van der Waals surface area contributed by atoms with Crippen LogP contribution in [0.3, 0.4) is 0 Å². The summed E-state index contributed by atoms with van der Waals surface area (Å²) in [6.07, 6.45) is 1.58. The lowest BCUT2D eigenvalue weighted by atomic mass is 10.1. The summed E-state index contributed by atoms with van der Waals surface area (Å²) < 4.78 is 0. The SMILES string of the molecule is [NH3+]CC(=O)N1CCC[C@H]1C(=O)Nc1ccc2ccccc2c1. The van der Waals surface area contributed by atoms with Gasteiger partial charge in [-0.05, 0) is 35.7 Å². The molecule has 4 N–H and O–H groups in total. The Morgan fingerprint density at radius 2 is 1.95 bits per heavy atom. The van der Waals surface area contributed by atoms with Crippen molar-refractivity contribution in [2.24, 2.45) is 0 Å². The van der Waals surface area contributed by atoms with Crippen LogP contribution in [0.25, 0.3) is 10.8 Å². The fourth-order valence-corrected chi connectivity index (χ4v) is 2.97. The quantitative estimate of drug-likeness (QED) is 0.887. The number of anilines is 1. The van der Waals surface area contributed by atoms with Gasteiger partial charge >= 0.3 is 0 Å². The molecule has 0 aromatic heterocycles. The summed E-state index contributed by atoms with van der Waals surface area (Å²) in [5.41, 5.74) is 4.38. The summed E-state index contributed by atoms with van der Waals surface area (Å²) in [6.45, 7) is 0.837. The smallest absolute Gasteiger partial charge is 0.278 e. The van der Waals surface area contributed by atoms with Crippen molar-refractivity contribution in [1.29, 1.82) is 0 Å². The van der Waals surface area contributed by atoms with E-state index in [1.807, 2.05) is 42.5 Å². The van der Waals surface area contributed by atoms with Crippen LogP contribution in [0, 0.1) is 0 Å². The summed E-state index contributed by atoms with van der Waals surface area (Å²) in [6, 6.07) is 13.5. The van der Waals surface area contributed by atoms with Crippen LogP contribution in [0.5, 0.6) is 0 Å². The van der Waals surface area contributed by atoms with Crippen LogP contribution in [0.15, 0.2) is 42.5 Å². The van der Waals surface area contributed by atoms with Crippen molar-refractivity contribution in [2.75, 3.05) is 18.4 Å². The molecule has 0 spiro atoms. The molecule has 0 bridgehead atoms.